The number of nitrogens with zero attached hydrogens (tertiary/aromatic N) is 1. The molecule has 0 atom stereocenters. The molecule has 1 aromatic rings. The molecular formula is C9H16N2. The Bertz CT molecular complexity index is 230. The first-order chi connectivity index (χ1) is 5.04. The third-order valence-corrected chi connectivity index (χ3v) is 1.76. The Kier molecular flexibility index (Phi) is 2.05. The summed E-state index contributed by atoms with van der Waals surface area (Å²) >= 11 is 0. The van der Waals surface area contributed by atoms with Gasteiger partial charge in [-0.1, -0.05) is 0 Å². The summed E-state index contributed by atoms with van der Waals surface area (Å²) in [4.78, 5) is 0. The van der Waals surface area contributed by atoms with E-state index in [0.717, 1.165) is 0 Å². The Balaban J connectivity index is 2.89. The Morgan fingerprint density at radius 2 is 2.09 bits per heavy atom. The number of rotatable bonds is 1. The summed E-state index contributed by atoms with van der Waals surface area (Å²) in [6.45, 7) is 7.15. The van der Waals surface area contributed by atoms with Gasteiger partial charge in [-0.2, -0.15) is 0 Å². The molecule has 0 radical (unpaired) electrons. The molecule has 0 saturated heterocycles. The summed E-state index contributed by atoms with van der Waals surface area (Å²) in [5.74, 6) is 0. The summed E-state index contributed by atoms with van der Waals surface area (Å²) in [5.41, 5.74) is 6.86. The van der Waals surface area contributed by atoms with Crippen LogP contribution < -0.4 is 5.73 Å². The molecule has 2 heteroatoms. The van der Waals surface area contributed by atoms with Crippen molar-refractivity contribution in [2.45, 2.75) is 32.9 Å². The smallest absolute Gasteiger partial charge is 0.0355 e. The SMILES string of the molecule is CC(C)(C)n1ccc(CN)c1. The van der Waals surface area contributed by atoms with Gasteiger partial charge in [0, 0.05) is 24.5 Å². The molecule has 1 heterocycles. The van der Waals surface area contributed by atoms with E-state index in [-0.39, 0.29) is 5.54 Å². The average Bonchev–Trinajstić information content (AvgIpc) is 2.32. The van der Waals surface area contributed by atoms with Gasteiger partial charge in [-0.05, 0) is 32.4 Å². The molecule has 0 aliphatic rings. The van der Waals surface area contributed by atoms with E-state index in [1.165, 1.54) is 5.56 Å². The first-order valence-corrected chi connectivity index (χ1v) is 3.91. The van der Waals surface area contributed by atoms with E-state index < -0.39 is 0 Å². The quantitative estimate of drug-likeness (QED) is 0.652. The molecule has 62 valence electrons. The van der Waals surface area contributed by atoms with Crippen LogP contribution in [-0.2, 0) is 12.1 Å². The number of hydrogen-bond acceptors (Lipinski definition) is 1. The van der Waals surface area contributed by atoms with Crippen LogP contribution in [0.3, 0.4) is 0 Å². The lowest BCUT2D eigenvalue weighted by Crippen LogP contribution is -2.19. The van der Waals surface area contributed by atoms with Crippen molar-refractivity contribution in [3.8, 4) is 0 Å². The lowest BCUT2D eigenvalue weighted by molar-refractivity contribution is 0.398. The topological polar surface area (TPSA) is 30.9 Å². The Morgan fingerprint density at radius 3 is 2.36 bits per heavy atom. The van der Waals surface area contributed by atoms with Gasteiger partial charge in [0.2, 0.25) is 0 Å². The summed E-state index contributed by atoms with van der Waals surface area (Å²) in [7, 11) is 0. The van der Waals surface area contributed by atoms with Gasteiger partial charge in [-0.25, -0.2) is 0 Å². The van der Waals surface area contributed by atoms with Gasteiger partial charge in [0.1, 0.15) is 0 Å². The van der Waals surface area contributed by atoms with Gasteiger partial charge >= 0.3 is 0 Å². The summed E-state index contributed by atoms with van der Waals surface area (Å²) in [5, 5.41) is 0. The largest absolute Gasteiger partial charge is 0.349 e. The van der Waals surface area contributed by atoms with Crippen LogP contribution in [0.4, 0.5) is 0 Å². The second kappa shape index (κ2) is 2.70. The minimum atomic E-state index is 0.174. The third-order valence-electron chi connectivity index (χ3n) is 1.76. The van der Waals surface area contributed by atoms with Crippen LogP contribution in [-0.4, -0.2) is 4.57 Å². The van der Waals surface area contributed by atoms with Crippen LogP contribution in [0.15, 0.2) is 18.5 Å². The van der Waals surface area contributed by atoms with E-state index in [4.69, 9.17) is 5.73 Å². The molecule has 11 heavy (non-hydrogen) atoms. The Labute approximate surface area is 68.0 Å². The Hall–Kier alpha value is -0.760. The highest BCUT2D eigenvalue weighted by atomic mass is 15.0. The minimum Gasteiger partial charge on any atom is -0.349 e. The van der Waals surface area contributed by atoms with Crippen LogP contribution >= 0.6 is 0 Å². The lowest BCUT2D eigenvalue weighted by Gasteiger charge is -2.20. The van der Waals surface area contributed by atoms with E-state index in [1.807, 2.05) is 0 Å². The van der Waals surface area contributed by atoms with Crippen molar-refractivity contribution in [1.82, 2.24) is 4.57 Å². The molecule has 0 bridgehead atoms. The summed E-state index contributed by atoms with van der Waals surface area (Å²) in [6.07, 6.45) is 4.17. The van der Waals surface area contributed by atoms with Crippen molar-refractivity contribution in [2.24, 2.45) is 5.73 Å². The van der Waals surface area contributed by atoms with Gasteiger partial charge in [0.15, 0.2) is 0 Å². The third kappa shape index (κ3) is 1.84. The summed E-state index contributed by atoms with van der Waals surface area (Å²) < 4.78 is 2.18. The van der Waals surface area contributed by atoms with E-state index >= 15 is 0 Å². The maximum absolute atomic E-state index is 5.49. The van der Waals surface area contributed by atoms with Crippen molar-refractivity contribution in [3.63, 3.8) is 0 Å². The molecule has 0 aliphatic heterocycles. The van der Waals surface area contributed by atoms with Gasteiger partial charge in [0.05, 0.1) is 0 Å². The molecule has 0 amide bonds. The van der Waals surface area contributed by atoms with Crippen molar-refractivity contribution in [2.75, 3.05) is 0 Å². The first kappa shape index (κ1) is 8.34. The molecule has 2 nitrogen and oxygen atoms in total. The predicted octanol–water partition coefficient (Wildman–Crippen LogP) is 1.70. The van der Waals surface area contributed by atoms with Gasteiger partial charge in [0.25, 0.3) is 0 Å². The molecule has 0 aromatic carbocycles. The maximum atomic E-state index is 5.49. The van der Waals surface area contributed by atoms with Crippen molar-refractivity contribution < 1.29 is 0 Å². The molecule has 0 spiro atoms. The van der Waals surface area contributed by atoms with Gasteiger partial charge in [-0.15, -0.1) is 0 Å². The number of nitrogens with two attached hydrogens (primary N) is 1. The maximum Gasteiger partial charge on any atom is 0.0355 e. The minimum absolute atomic E-state index is 0.174. The fourth-order valence-electron chi connectivity index (χ4n) is 0.979. The molecule has 0 unspecified atom stereocenters. The second-order valence-electron chi connectivity index (χ2n) is 3.80. The second-order valence-corrected chi connectivity index (χ2v) is 3.80. The fourth-order valence-corrected chi connectivity index (χ4v) is 0.979. The zero-order valence-corrected chi connectivity index (χ0v) is 7.46. The highest BCUT2D eigenvalue weighted by molar-refractivity contribution is 5.11. The van der Waals surface area contributed by atoms with E-state index in [9.17, 15) is 0 Å². The van der Waals surface area contributed by atoms with Crippen LogP contribution in [0.5, 0.6) is 0 Å². The molecule has 0 saturated carbocycles. The van der Waals surface area contributed by atoms with Gasteiger partial charge < -0.3 is 10.3 Å². The van der Waals surface area contributed by atoms with E-state index in [0.29, 0.717) is 6.54 Å². The highest BCUT2D eigenvalue weighted by Crippen LogP contribution is 2.14. The number of hydrogen-bond donors (Lipinski definition) is 1. The first-order valence-electron chi connectivity index (χ1n) is 3.91. The average molecular weight is 152 g/mol. The highest BCUT2D eigenvalue weighted by Gasteiger charge is 2.11. The van der Waals surface area contributed by atoms with Crippen LogP contribution in [0.1, 0.15) is 26.3 Å². The van der Waals surface area contributed by atoms with Crippen molar-refractivity contribution >= 4 is 0 Å². The fraction of sp³-hybridized carbons (Fsp3) is 0.556. The van der Waals surface area contributed by atoms with Crippen LogP contribution in [0.2, 0.25) is 0 Å². The van der Waals surface area contributed by atoms with Crippen LogP contribution in [0.25, 0.3) is 0 Å². The molecule has 0 aliphatic carbocycles. The normalized spacial score (nSPS) is 12.0. The van der Waals surface area contributed by atoms with Crippen molar-refractivity contribution in [3.05, 3.63) is 24.0 Å². The van der Waals surface area contributed by atoms with E-state index in [1.54, 1.807) is 0 Å². The monoisotopic (exact) mass is 152 g/mol. The van der Waals surface area contributed by atoms with Crippen molar-refractivity contribution in [1.29, 1.82) is 0 Å². The molecule has 1 rings (SSSR count). The number of aromatic nitrogens is 1. The zero-order valence-electron chi connectivity index (χ0n) is 7.46. The predicted molar refractivity (Wildman–Crippen MR) is 47.3 cm³/mol. The Morgan fingerprint density at radius 1 is 1.45 bits per heavy atom. The molecule has 2 N–H and O–H groups in total. The van der Waals surface area contributed by atoms with Crippen LogP contribution in [0, 0.1) is 0 Å². The molecular weight excluding hydrogens is 136 g/mol. The molecule has 1 aromatic heterocycles. The van der Waals surface area contributed by atoms with E-state index in [2.05, 4.69) is 43.8 Å². The standard InChI is InChI=1S/C9H16N2/c1-9(2,3)11-5-4-8(6-10)7-11/h4-5,7H,6,10H2,1-3H3. The lowest BCUT2D eigenvalue weighted by atomic mass is 10.1. The molecule has 0 fully saturated rings. The summed E-state index contributed by atoms with van der Waals surface area (Å²) in [6, 6.07) is 2.06. The zero-order chi connectivity index (χ0) is 8.48. The van der Waals surface area contributed by atoms with Gasteiger partial charge in [-0.3, -0.25) is 0 Å².